The summed E-state index contributed by atoms with van der Waals surface area (Å²) in [5.74, 6) is 0. The number of H-pyrrole nitrogens is 1. The highest BCUT2D eigenvalue weighted by Gasteiger charge is 2.77. The molecule has 2 heterocycles. The predicted octanol–water partition coefficient (Wildman–Crippen LogP) is -2.45. The van der Waals surface area contributed by atoms with Gasteiger partial charge in [-0.3, -0.25) is 14.3 Å². The normalized spacial score (nSPS) is 41.7. The van der Waals surface area contributed by atoms with Crippen molar-refractivity contribution in [3.8, 4) is 0 Å². The first kappa shape index (κ1) is 11.6. The number of ether oxygens (including phenoxy) is 2. The highest BCUT2D eigenvalue weighted by Crippen LogP contribution is 2.54. The molecule has 5 atom stereocenters. The molecule has 1 aromatic heterocycles. The summed E-state index contributed by atoms with van der Waals surface area (Å²) in [6.07, 6.45) is -2.28. The van der Waals surface area contributed by atoms with Crippen molar-refractivity contribution in [2.24, 2.45) is 0 Å². The summed E-state index contributed by atoms with van der Waals surface area (Å²) < 4.78 is 11.6. The molecule has 8 nitrogen and oxygen atoms in total. The van der Waals surface area contributed by atoms with E-state index < -0.39 is 41.4 Å². The Bertz CT molecular complexity index is 595. The number of fused-ring (bicyclic) bond motifs is 1. The van der Waals surface area contributed by atoms with Crippen molar-refractivity contribution in [3.63, 3.8) is 0 Å². The molecule has 1 aliphatic carbocycles. The van der Waals surface area contributed by atoms with Gasteiger partial charge in [0.25, 0.3) is 5.56 Å². The summed E-state index contributed by atoms with van der Waals surface area (Å²) in [5, 5.41) is 19.6. The number of rotatable bonds is 2. The molecule has 0 amide bonds. The van der Waals surface area contributed by atoms with Crippen molar-refractivity contribution in [2.75, 3.05) is 7.11 Å². The third-order valence-corrected chi connectivity index (χ3v) is 3.49. The third-order valence-electron chi connectivity index (χ3n) is 3.49. The van der Waals surface area contributed by atoms with E-state index >= 15 is 0 Å². The summed E-state index contributed by atoms with van der Waals surface area (Å²) in [6, 6.07) is 1.17. The molecule has 1 saturated carbocycles. The molecular weight excluding hydrogens is 244 g/mol. The molecule has 2 aliphatic rings. The Morgan fingerprint density at radius 2 is 2.28 bits per heavy atom. The van der Waals surface area contributed by atoms with Crippen molar-refractivity contribution < 1.29 is 19.7 Å². The van der Waals surface area contributed by atoms with Crippen molar-refractivity contribution in [1.82, 2.24) is 9.55 Å². The second kappa shape index (κ2) is 3.51. The van der Waals surface area contributed by atoms with Crippen LogP contribution in [0, 0.1) is 0 Å². The zero-order chi connectivity index (χ0) is 13.1. The molecule has 8 heteroatoms. The van der Waals surface area contributed by atoms with Crippen LogP contribution < -0.4 is 11.2 Å². The van der Waals surface area contributed by atoms with Crippen molar-refractivity contribution in [2.45, 2.75) is 30.1 Å². The first-order valence-corrected chi connectivity index (χ1v) is 5.40. The van der Waals surface area contributed by atoms with Gasteiger partial charge in [-0.15, -0.1) is 0 Å². The van der Waals surface area contributed by atoms with Crippen LogP contribution in [0.1, 0.15) is 6.23 Å². The zero-order valence-corrected chi connectivity index (χ0v) is 9.44. The van der Waals surface area contributed by atoms with Gasteiger partial charge in [-0.05, 0) is 0 Å². The van der Waals surface area contributed by atoms with E-state index in [1.54, 1.807) is 0 Å². The summed E-state index contributed by atoms with van der Waals surface area (Å²) in [4.78, 5) is 24.7. The van der Waals surface area contributed by atoms with Crippen molar-refractivity contribution >= 4 is 0 Å². The fraction of sp³-hybridized carbons (Fsp3) is 0.600. The number of aliphatic hydroxyl groups excluding tert-OH is 1. The molecule has 1 saturated heterocycles. The Hall–Kier alpha value is -1.48. The van der Waals surface area contributed by atoms with E-state index in [4.69, 9.17) is 9.47 Å². The number of nitrogens with one attached hydrogen (secondary N) is 1. The number of methoxy groups -OCH3 is 1. The lowest BCUT2D eigenvalue weighted by atomic mass is 10.1. The predicted molar refractivity (Wildman–Crippen MR) is 57.0 cm³/mol. The fourth-order valence-electron chi connectivity index (χ4n) is 2.45. The van der Waals surface area contributed by atoms with Crippen LogP contribution >= 0.6 is 0 Å². The van der Waals surface area contributed by atoms with Crippen LogP contribution in [-0.2, 0) is 9.47 Å². The molecule has 0 radical (unpaired) electrons. The van der Waals surface area contributed by atoms with E-state index in [9.17, 15) is 19.8 Å². The average Bonchev–Trinajstić information content (AvgIpc) is 2.69. The lowest BCUT2D eigenvalue weighted by molar-refractivity contribution is -0.113. The SMILES string of the molecule is CO[C@H]1[C@H](n2ccc(=O)[nH]c2=O)O[C@@H]2C(O)[C@@]21O. The maximum absolute atomic E-state index is 11.6. The molecule has 0 spiro atoms. The number of aromatic amines is 1. The minimum absolute atomic E-state index is 0.521. The first-order valence-electron chi connectivity index (χ1n) is 5.40. The molecule has 1 unspecified atom stereocenters. The van der Waals surface area contributed by atoms with Crippen LogP contribution in [0.3, 0.4) is 0 Å². The zero-order valence-electron chi connectivity index (χ0n) is 9.44. The largest absolute Gasteiger partial charge is 0.387 e. The Morgan fingerprint density at radius 1 is 1.56 bits per heavy atom. The van der Waals surface area contributed by atoms with E-state index in [1.807, 2.05) is 0 Å². The van der Waals surface area contributed by atoms with E-state index in [0.29, 0.717) is 0 Å². The van der Waals surface area contributed by atoms with Gasteiger partial charge in [-0.25, -0.2) is 4.79 Å². The van der Waals surface area contributed by atoms with Crippen LogP contribution in [0.5, 0.6) is 0 Å². The highest BCUT2D eigenvalue weighted by atomic mass is 16.6. The van der Waals surface area contributed by atoms with Gasteiger partial charge in [0.05, 0.1) is 0 Å². The van der Waals surface area contributed by atoms with E-state index in [0.717, 1.165) is 4.57 Å². The minimum atomic E-state index is -1.49. The van der Waals surface area contributed by atoms with E-state index in [2.05, 4.69) is 4.98 Å². The standard InChI is InChI=1S/C10H12N2O6/c1-17-7-8(18-6-5(14)10(6,7)16)12-3-2-4(13)11-9(12)15/h2-3,5-8,14,16H,1H3,(H,11,13,15)/t5?,6-,7+,8-,10-/m1/s1. The summed E-state index contributed by atoms with van der Waals surface area (Å²) in [5.41, 5.74) is -2.67. The Labute approximate surface area is 100 Å². The smallest absolute Gasteiger partial charge is 0.330 e. The molecule has 98 valence electrons. The molecular formula is C10H12N2O6. The van der Waals surface area contributed by atoms with E-state index in [-0.39, 0.29) is 0 Å². The molecule has 18 heavy (non-hydrogen) atoms. The lowest BCUT2D eigenvalue weighted by Crippen LogP contribution is -2.42. The number of nitrogens with zero attached hydrogens (tertiary/aromatic N) is 1. The van der Waals surface area contributed by atoms with Gasteiger partial charge in [0, 0.05) is 19.4 Å². The molecule has 3 rings (SSSR count). The van der Waals surface area contributed by atoms with Crippen LogP contribution in [0.4, 0.5) is 0 Å². The van der Waals surface area contributed by atoms with Crippen LogP contribution in [0.2, 0.25) is 0 Å². The average molecular weight is 256 g/mol. The van der Waals surface area contributed by atoms with Crippen molar-refractivity contribution in [1.29, 1.82) is 0 Å². The molecule has 3 N–H and O–H groups in total. The van der Waals surface area contributed by atoms with Gasteiger partial charge in [-0.1, -0.05) is 0 Å². The molecule has 0 bridgehead atoms. The summed E-state index contributed by atoms with van der Waals surface area (Å²) in [7, 11) is 1.35. The lowest BCUT2D eigenvalue weighted by Gasteiger charge is -2.25. The number of aromatic nitrogens is 2. The maximum Gasteiger partial charge on any atom is 0.330 e. The van der Waals surface area contributed by atoms with Gasteiger partial charge in [-0.2, -0.15) is 0 Å². The first-order chi connectivity index (χ1) is 8.50. The Morgan fingerprint density at radius 3 is 2.89 bits per heavy atom. The van der Waals surface area contributed by atoms with Crippen LogP contribution in [0.25, 0.3) is 0 Å². The highest BCUT2D eigenvalue weighted by molar-refractivity contribution is 5.25. The minimum Gasteiger partial charge on any atom is -0.387 e. The number of hydrogen-bond donors (Lipinski definition) is 3. The molecule has 1 aromatic rings. The Balaban J connectivity index is 1.99. The summed E-state index contributed by atoms with van der Waals surface area (Å²) >= 11 is 0. The van der Waals surface area contributed by atoms with E-state index in [1.165, 1.54) is 19.4 Å². The maximum atomic E-state index is 11.6. The quantitative estimate of drug-likeness (QED) is 0.541. The van der Waals surface area contributed by atoms with Gasteiger partial charge in [0.1, 0.15) is 18.3 Å². The second-order valence-electron chi connectivity index (χ2n) is 4.45. The molecule has 1 aliphatic heterocycles. The fourth-order valence-corrected chi connectivity index (χ4v) is 2.45. The summed E-state index contributed by atoms with van der Waals surface area (Å²) in [6.45, 7) is 0. The van der Waals surface area contributed by atoms with Gasteiger partial charge in [0.15, 0.2) is 11.8 Å². The molecule has 0 aromatic carbocycles. The van der Waals surface area contributed by atoms with Gasteiger partial charge >= 0.3 is 5.69 Å². The number of hydrogen-bond acceptors (Lipinski definition) is 6. The third kappa shape index (κ3) is 1.28. The van der Waals surface area contributed by atoms with Gasteiger partial charge < -0.3 is 19.7 Å². The molecule has 2 fully saturated rings. The topological polar surface area (TPSA) is 114 Å². The van der Waals surface area contributed by atoms with Crippen molar-refractivity contribution in [3.05, 3.63) is 33.1 Å². The van der Waals surface area contributed by atoms with Crippen LogP contribution in [0.15, 0.2) is 21.9 Å². The number of aliphatic hydroxyl groups is 2. The Kier molecular flexibility index (Phi) is 2.26. The van der Waals surface area contributed by atoms with Crippen LogP contribution in [-0.4, -0.2) is 50.8 Å². The second-order valence-corrected chi connectivity index (χ2v) is 4.45. The van der Waals surface area contributed by atoms with Gasteiger partial charge in [0.2, 0.25) is 0 Å². The monoisotopic (exact) mass is 256 g/mol.